The van der Waals surface area contributed by atoms with Gasteiger partial charge in [0.05, 0.1) is 11.1 Å². The zero-order chi connectivity index (χ0) is 26.3. The number of carbonyl (C=O) groups is 1. The van der Waals surface area contributed by atoms with Crippen LogP contribution in [0.1, 0.15) is 16.7 Å². The third kappa shape index (κ3) is 6.32. The number of carbonyl (C=O) groups excluding carboxylic acids is 1. The van der Waals surface area contributed by atoms with Crippen molar-refractivity contribution in [2.24, 2.45) is 0 Å². The molecule has 15 heteroatoms. The van der Waals surface area contributed by atoms with Crippen molar-refractivity contribution in [2.75, 3.05) is 0 Å². The molecule has 2 rings (SSSR count). The maximum absolute atomic E-state index is 13.2. The van der Waals surface area contributed by atoms with Crippen LogP contribution in [-0.2, 0) is 34.2 Å². The Morgan fingerprint density at radius 3 is 1.51 bits per heavy atom. The van der Waals surface area contributed by atoms with E-state index in [9.17, 15) is 58.2 Å². The van der Waals surface area contributed by atoms with E-state index in [4.69, 9.17) is 5.26 Å². The van der Waals surface area contributed by atoms with Gasteiger partial charge in [-0.15, -0.1) is 0 Å². The average Bonchev–Trinajstić information content (AvgIpc) is 2.71. The van der Waals surface area contributed by atoms with Gasteiger partial charge in [0.1, 0.15) is 17.4 Å². The van der Waals surface area contributed by atoms with Crippen LogP contribution < -0.4 is 0 Å². The van der Waals surface area contributed by atoms with Gasteiger partial charge in [-0.25, -0.2) is 0 Å². The Hall–Kier alpha value is -3.11. The number of alkyl halides is 11. The number of allylic oxidation sites excluding steroid dienone is 1. The van der Waals surface area contributed by atoms with Gasteiger partial charge in [-0.05, 0) is 29.3 Å². The van der Waals surface area contributed by atoms with Crippen LogP contribution in [0.15, 0.2) is 48.0 Å². The third-order valence-electron chi connectivity index (χ3n) is 4.30. The van der Waals surface area contributed by atoms with E-state index in [-0.39, 0.29) is 28.7 Å². The minimum absolute atomic E-state index is 0. The summed E-state index contributed by atoms with van der Waals surface area (Å²) in [5.41, 5.74) is -6.84. The summed E-state index contributed by atoms with van der Waals surface area (Å²) in [6.07, 6.45) is -16.7. The summed E-state index contributed by atoms with van der Waals surface area (Å²) < 4.78 is 142. The van der Waals surface area contributed by atoms with Gasteiger partial charge in [0.25, 0.3) is 5.78 Å². The molecule has 0 saturated carbocycles. The Balaban J connectivity index is 0.00000612. The van der Waals surface area contributed by atoms with Gasteiger partial charge < -0.3 is 5.11 Å². The van der Waals surface area contributed by atoms with Crippen molar-refractivity contribution in [1.82, 2.24) is 0 Å². The molecular weight excluding hydrogens is 559 g/mol. The number of aliphatic hydroxyl groups excluding tert-OH is 1. The van der Waals surface area contributed by atoms with Gasteiger partial charge in [0.2, 0.25) is 0 Å². The number of rotatable bonds is 4. The Morgan fingerprint density at radius 1 is 0.743 bits per heavy atom. The molecule has 0 spiro atoms. The Labute approximate surface area is 198 Å². The normalized spacial score (nSPS) is 13.4. The number of nitriles is 1. The Kier molecular flexibility index (Phi) is 8.43. The molecule has 0 heterocycles. The average molecular weight is 567 g/mol. The van der Waals surface area contributed by atoms with Crippen molar-refractivity contribution in [3.8, 4) is 17.2 Å². The van der Waals surface area contributed by atoms with E-state index >= 15 is 0 Å². The molecule has 0 aliphatic heterocycles. The first-order chi connectivity index (χ1) is 15.3. The van der Waals surface area contributed by atoms with Gasteiger partial charge in [-0.1, -0.05) is 24.3 Å². The summed E-state index contributed by atoms with van der Waals surface area (Å²) >= 11 is 0. The second-order valence-electron chi connectivity index (χ2n) is 6.61. The monoisotopic (exact) mass is 566 g/mol. The van der Waals surface area contributed by atoms with Gasteiger partial charge in [-0.3, -0.25) is 4.79 Å². The number of hydrogen-bond acceptors (Lipinski definition) is 3. The summed E-state index contributed by atoms with van der Waals surface area (Å²) in [5, 5.41) is 18.7. The molecule has 0 bridgehead atoms. The zero-order valence-electron chi connectivity index (χ0n) is 16.3. The fourth-order valence-electron chi connectivity index (χ4n) is 2.58. The van der Waals surface area contributed by atoms with Gasteiger partial charge in [-0.2, -0.15) is 53.6 Å². The molecule has 35 heavy (non-hydrogen) atoms. The van der Waals surface area contributed by atoms with E-state index in [1.165, 1.54) is 0 Å². The van der Waals surface area contributed by atoms with E-state index in [0.717, 1.165) is 18.2 Å². The smallest absolute Gasteiger partial charge is 0.461 e. The fourth-order valence-corrected chi connectivity index (χ4v) is 2.58. The Bertz CT molecular complexity index is 1140. The first kappa shape index (κ1) is 29.9. The second kappa shape index (κ2) is 9.87. The van der Waals surface area contributed by atoms with Crippen LogP contribution in [-0.4, -0.2) is 23.0 Å². The van der Waals surface area contributed by atoms with E-state index in [1.807, 2.05) is 0 Å². The first-order valence-electron chi connectivity index (χ1n) is 8.53. The van der Waals surface area contributed by atoms with Crippen molar-refractivity contribution in [1.29, 1.82) is 5.26 Å². The largest absolute Gasteiger partial charge is 0.506 e. The van der Waals surface area contributed by atoms with Crippen LogP contribution in [0.5, 0.6) is 0 Å². The molecule has 0 saturated heterocycles. The van der Waals surface area contributed by atoms with Crippen LogP contribution in [0.2, 0.25) is 0 Å². The molecule has 0 aliphatic carbocycles. The SMILES string of the molecule is N#C/C(C(=O)C(F)(F)C(F)(F)F)=C(/O)c1ccc(-c2cc(C(F)(F)F)cc(C(F)(F)F)c2)cc1.[Cu]. The predicted molar refractivity (Wildman–Crippen MR) is 93.1 cm³/mol. The number of ketones is 1. The quantitative estimate of drug-likeness (QED) is 0.143. The summed E-state index contributed by atoms with van der Waals surface area (Å²) in [6.45, 7) is 0. The zero-order valence-corrected chi connectivity index (χ0v) is 17.2. The minimum atomic E-state index is -6.38. The summed E-state index contributed by atoms with van der Waals surface area (Å²) in [4.78, 5) is 11.5. The molecular formula is C20H8CuF11NO2. The van der Waals surface area contributed by atoms with Crippen LogP contribution in [0.3, 0.4) is 0 Å². The van der Waals surface area contributed by atoms with Crippen molar-refractivity contribution in [3.63, 3.8) is 0 Å². The summed E-state index contributed by atoms with van der Waals surface area (Å²) in [6, 6.07) is 4.30. The van der Waals surface area contributed by atoms with Gasteiger partial charge >= 0.3 is 24.5 Å². The van der Waals surface area contributed by atoms with Crippen molar-refractivity contribution in [3.05, 3.63) is 64.7 Å². The summed E-state index contributed by atoms with van der Waals surface area (Å²) in [7, 11) is 0. The van der Waals surface area contributed by atoms with Gasteiger partial charge in [0, 0.05) is 22.6 Å². The number of nitrogens with zero attached hydrogens (tertiary/aromatic N) is 1. The first-order valence-corrected chi connectivity index (χ1v) is 8.53. The molecule has 1 N–H and O–H groups in total. The topological polar surface area (TPSA) is 61.1 Å². The molecule has 0 unspecified atom stereocenters. The minimum Gasteiger partial charge on any atom is -0.506 e. The fraction of sp³-hybridized carbons (Fsp3) is 0.200. The van der Waals surface area contributed by atoms with Crippen molar-refractivity contribution < 1.29 is 75.3 Å². The van der Waals surface area contributed by atoms with E-state index < -0.39 is 63.8 Å². The molecule has 193 valence electrons. The number of benzene rings is 2. The van der Waals surface area contributed by atoms with Crippen LogP contribution >= 0.6 is 0 Å². The maximum atomic E-state index is 13.2. The molecule has 3 nitrogen and oxygen atoms in total. The predicted octanol–water partition coefficient (Wildman–Crippen LogP) is 6.95. The third-order valence-corrected chi connectivity index (χ3v) is 4.30. The van der Waals surface area contributed by atoms with Crippen LogP contribution in [0, 0.1) is 11.3 Å². The second-order valence-corrected chi connectivity index (χ2v) is 6.61. The van der Waals surface area contributed by atoms with Gasteiger partial charge in [0.15, 0.2) is 0 Å². The molecule has 1 radical (unpaired) electrons. The molecule has 2 aromatic rings. The maximum Gasteiger partial charge on any atom is 0.461 e. The molecule has 0 atom stereocenters. The van der Waals surface area contributed by atoms with Crippen molar-refractivity contribution in [2.45, 2.75) is 24.5 Å². The van der Waals surface area contributed by atoms with Crippen LogP contribution in [0.4, 0.5) is 48.3 Å². The molecule has 0 amide bonds. The summed E-state index contributed by atoms with van der Waals surface area (Å²) in [5.74, 6) is -10.7. The van der Waals surface area contributed by atoms with E-state index in [1.54, 1.807) is 0 Å². The molecule has 0 aliphatic rings. The number of halogens is 11. The molecule has 0 fully saturated rings. The molecule has 0 aromatic heterocycles. The van der Waals surface area contributed by atoms with Crippen LogP contribution in [0.25, 0.3) is 16.9 Å². The number of aliphatic hydroxyl groups is 1. The molecule has 2 aromatic carbocycles. The standard InChI is InChI=1S/C20H8F11NO2.Cu/c21-17(22,20(29,30)31)16(34)14(8-32)15(33)10-3-1-9(2-4-10)11-5-12(18(23,24)25)7-13(6-11)19(26,27)28;/h1-7,33H;/b15-14-;. The Morgan fingerprint density at radius 2 is 1.17 bits per heavy atom. The van der Waals surface area contributed by atoms with Crippen molar-refractivity contribution >= 4 is 11.5 Å². The number of Topliss-reactive ketones (excluding diaryl/α,β-unsaturated/α-hetero) is 1. The number of hydrogen-bond donors (Lipinski definition) is 1. The van der Waals surface area contributed by atoms with E-state index in [0.29, 0.717) is 24.3 Å². The van der Waals surface area contributed by atoms with E-state index in [2.05, 4.69) is 0 Å².